The Morgan fingerprint density at radius 3 is 1.66 bits per heavy atom. The molecule has 280 valence electrons. The fourth-order valence-corrected chi connectivity index (χ4v) is 8.76. The molecular formula is C42H49Cl3N6O2. The molecule has 0 bridgehead atoms. The van der Waals surface area contributed by atoms with Crippen molar-refractivity contribution in [3.05, 3.63) is 74.9 Å². The SMILES string of the molecule is N#CC1CCN(c2ccc3c(C(=O)NCCC4CCCCC4)c(Cl)ccc3n2)CC1.O=C(NCCC1CCCCC1)c1c(Cl)ccc2nc(Cl)ccc12. The maximum atomic E-state index is 12.9. The summed E-state index contributed by atoms with van der Waals surface area (Å²) in [6, 6.07) is 16.9. The van der Waals surface area contributed by atoms with Gasteiger partial charge in [0.15, 0.2) is 0 Å². The molecule has 3 aliphatic rings. The van der Waals surface area contributed by atoms with Crippen molar-refractivity contribution in [3.63, 3.8) is 0 Å². The summed E-state index contributed by atoms with van der Waals surface area (Å²) >= 11 is 18.6. The van der Waals surface area contributed by atoms with E-state index in [-0.39, 0.29) is 17.7 Å². The smallest absolute Gasteiger partial charge is 0.253 e. The standard InChI is InChI=1S/C24H29ClN4O.C18H20Cl2N2O/c25-20-7-8-21-19(6-9-22(28-21)29-14-11-18(16-26)12-15-29)23(20)24(30)27-13-10-17-4-2-1-3-5-17;19-14-7-8-15-13(6-9-16(20)22-15)17(14)18(23)21-11-10-12-4-2-1-3-5-12/h6-9,17-18H,1-5,10-15H2,(H,27,30);6-9,12H,1-5,10-11H2,(H,21,23). The molecule has 2 aromatic heterocycles. The fraction of sp³-hybridized carbons (Fsp3) is 0.500. The molecule has 0 spiro atoms. The first-order valence-corrected chi connectivity index (χ1v) is 20.5. The quantitative estimate of drug-likeness (QED) is 0.164. The first-order valence-electron chi connectivity index (χ1n) is 19.4. The zero-order valence-electron chi connectivity index (χ0n) is 30.3. The highest BCUT2D eigenvalue weighted by Gasteiger charge is 2.22. The van der Waals surface area contributed by atoms with Gasteiger partial charge in [0.2, 0.25) is 0 Å². The first-order chi connectivity index (χ1) is 25.8. The molecule has 4 aromatic rings. The highest BCUT2D eigenvalue weighted by Crippen LogP contribution is 2.31. The number of nitrogens with zero attached hydrogens (tertiary/aromatic N) is 4. The van der Waals surface area contributed by atoms with Gasteiger partial charge in [-0.05, 0) is 86.1 Å². The van der Waals surface area contributed by atoms with Crippen molar-refractivity contribution in [1.82, 2.24) is 20.6 Å². The van der Waals surface area contributed by atoms with Crippen LogP contribution >= 0.6 is 34.8 Å². The van der Waals surface area contributed by atoms with E-state index in [0.29, 0.717) is 44.9 Å². The Morgan fingerprint density at radius 2 is 1.15 bits per heavy atom. The number of nitrogens with one attached hydrogen (secondary N) is 2. The van der Waals surface area contributed by atoms with Gasteiger partial charge >= 0.3 is 0 Å². The van der Waals surface area contributed by atoms with Gasteiger partial charge in [-0.25, -0.2) is 9.97 Å². The number of nitriles is 1. The number of hydrogen-bond acceptors (Lipinski definition) is 6. The van der Waals surface area contributed by atoms with Gasteiger partial charge in [-0.2, -0.15) is 5.26 Å². The minimum absolute atomic E-state index is 0.120. The van der Waals surface area contributed by atoms with Crippen LogP contribution < -0.4 is 15.5 Å². The minimum Gasteiger partial charge on any atom is -0.357 e. The summed E-state index contributed by atoms with van der Waals surface area (Å²) in [6.07, 6.45) is 16.9. The molecule has 1 aliphatic heterocycles. The second kappa shape index (κ2) is 19.1. The monoisotopic (exact) mass is 774 g/mol. The minimum atomic E-state index is -0.138. The van der Waals surface area contributed by atoms with Crippen LogP contribution in [0.25, 0.3) is 21.8 Å². The maximum absolute atomic E-state index is 12.9. The molecule has 3 fully saturated rings. The van der Waals surface area contributed by atoms with Crippen LogP contribution in [0.2, 0.25) is 15.2 Å². The van der Waals surface area contributed by atoms with E-state index in [1.807, 2.05) is 18.2 Å². The predicted molar refractivity (Wildman–Crippen MR) is 216 cm³/mol. The number of carbonyl (C=O) groups excluding carboxylic acids is 2. The van der Waals surface area contributed by atoms with E-state index in [2.05, 4.69) is 26.6 Å². The molecule has 1 saturated heterocycles. The number of carbonyl (C=O) groups is 2. The lowest BCUT2D eigenvalue weighted by atomic mass is 9.87. The molecule has 2 aromatic carbocycles. The summed E-state index contributed by atoms with van der Waals surface area (Å²) in [5.74, 6) is 2.25. The van der Waals surface area contributed by atoms with Gasteiger partial charge in [0, 0.05) is 42.9 Å². The zero-order valence-corrected chi connectivity index (χ0v) is 32.6. The molecule has 7 rings (SSSR count). The van der Waals surface area contributed by atoms with E-state index in [1.165, 1.54) is 64.2 Å². The normalized spacial score (nSPS) is 17.2. The van der Waals surface area contributed by atoms with Crippen molar-refractivity contribution in [2.24, 2.45) is 17.8 Å². The summed E-state index contributed by atoms with van der Waals surface area (Å²) in [6.45, 7) is 3.05. The van der Waals surface area contributed by atoms with E-state index < -0.39 is 0 Å². The summed E-state index contributed by atoms with van der Waals surface area (Å²) in [5.41, 5.74) is 2.45. The molecule has 2 aliphatic carbocycles. The Bertz CT molecular complexity index is 1930. The molecule has 0 unspecified atom stereocenters. The molecule has 2 amide bonds. The second-order valence-corrected chi connectivity index (χ2v) is 16.0. The van der Waals surface area contributed by atoms with E-state index in [0.717, 1.165) is 72.7 Å². The van der Waals surface area contributed by atoms with E-state index >= 15 is 0 Å². The maximum Gasteiger partial charge on any atom is 0.253 e. The van der Waals surface area contributed by atoms with Crippen molar-refractivity contribution in [2.45, 2.75) is 89.9 Å². The third-order valence-corrected chi connectivity index (χ3v) is 12.0. The highest BCUT2D eigenvalue weighted by atomic mass is 35.5. The number of hydrogen-bond donors (Lipinski definition) is 2. The van der Waals surface area contributed by atoms with Crippen LogP contribution in [0.5, 0.6) is 0 Å². The highest BCUT2D eigenvalue weighted by molar-refractivity contribution is 6.36. The summed E-state index contributed by atoms with van der Waals surface area (Å²) in [5, 5.41) is 18.0. The van der Waals surface area contributed by atoms with Crippen molar-refractivity contribution < 1.29 is 9.59 Å². The molecule has 11 heteroatoms. The second-order valence-electron chi connectivity index (χ2n) is 14.8. The molecule has 0 radical (unpaired) electrons. The molecule has 0 atom stereocenters. The number of fused-ring (bicyclic) bond motifs is 2. The molecule has 2 N–H and O–H groups in total. The van der Waals surface area contributed by atoms with Gasteiger partial charge in [-0.3, -0.25) is 9.59 Å². The molecule has 3 heterocycles. The Balaban J connectivity index is 0.000000188. The largest absolute Gasteiger partial charge is 0.357 e. The summed E-state index contributed by atoms with van der Waals surface area (Å²) in [7, 11) is 0. The van der Waals surface area contributed by atoms with Crippen LogP contribution in [0.1, 0.15) is 111 Å². The van der Waals surface area contributed by atoms with Crippen LogP contribution in [-0.2, 0) is 0 Å². The Kier molecular flexibility index (Phi) is 14.1. The van der Waals surface area contributed by atoms with Crippen LogP contribution in [-0.4, -0.2) is 48.0 Å². The van der Waals surface area contributed by atoms with Gasteiger partial charge in [0.25, 0.3) is 11.8 Å². The molecule has 8 nitrogen and oxygen atoms in total. The Hall–Kier alpha value is -3.64. The summed E-state index contributed by atoms with van der Waals surface area (Å²) < 4.78 is 0. The lowest BCUT2D eigenvalue weighted by Crippen LogP contribution is -2.33. The third-order valence-electron chi connectivity index (χ3n) is 11.2. The molecule has 53 heavy (non-hydrogen) atoms. The average Bonchev–Trinajstić information content (AvgIpc) is 3.18. The van der Waals surface area contributed by atoms with Crippen LogP contribution in [0.3, 0.4) is 0 Å². The van der Waals surface area contributed by atoms with Crippen molar-refractivity contribution in [2.75, 3.05) is 31.1 Å². The van der Waals surface area contributed by atoms with E-state index in [1.54, 1.807) is 30.3 Å². The van der Waals surface area contributed by atoms with Crippen molar-refractivity contribution >= 4 is 74.2 Å². The van der Waals surface area contributed by atoms with Gasteiger partial charge < -0.3 is 15.5 Å². The van der Waals surface area contributed by atoms with Gasteiger partial charge in [0.1, 0.15) is 11.0 Å². The van der Waals surface area contributed by atoms with Crippen molar-refractivity contribution in [3.8, 4) is 6.07 Å². The number of halogens is 3. The molecule has 2 saturated carbocycles. The lowest BCUT2D eigenvalue weighted by Gasteiger charge is -2.30. The first kappa shape index (κ1) is 39.1. The molecular weight excluding hydrogens is 727 g/mol. The van der Waals surface area contributed by atoms with Crippen LogP contribution in [0.4, 0.5) is 5.82 Å². The predicted octanol–water partition coefficient (Wildman–Crippen LogP) is 10.6. The average molecular weight is 776 g/mol. The number of aromatic nitrogens is 2. The number of anilines is 1. The fourth-order valence-electron chi connectivity index (χ4n) is 8.10. The third kappa shape index (κ3) is 10.3. The Morgan fingerprint density at radius 1 is 0.660 bits per heavy atom. The number of rotatable bonds is 9. The number of piperidine rings is 1. The van der Waals surface area contributed by atoms with Gasteiger partial charge in [0.05, 0.1) is 38.3 Å². The van der Waals surface area contributed by atoms with Crippen LogP contribution in [0, 0.1) is 29.1 Å². The van der Waals surface area contributed by atoms with Gasteiger partial charge in [-0.15, -0.1) is 0 Å². The van der Waals surface area contributed by atoms with E-state index in [4.69, 9.17) is 45.0 Å². The number of pyridine rings is 2. The van der Waals surface area contributed by atoms with Gasteiger partial charge in [-0.1, -0.05) is 99.0 Å². The lowest BCUT2D eigenvalue weighted by molar-refractivity contribution is 0.0943. The zero-order chi connectivity index (χ0) is 37.2. The number of benzene rings is 2. The topological polar surface area (TPSA) is 111 Å². The Labute approximate surface area is 328 Å². The summed E-state index contributed by atoms with van der Waals surface area (Å²) in [4.78, 5) is 36.7. The van der Waals surface area contributed by atoms with Crippen molar-refractivity contribution in [1.29, 1.82) is 5.26 Å². The van der Waals surface area contributed by atoms with E-state index in [9.17, 15) is 9.59 Å². The van der Waals surface area contributed by atoms with Crippen LogP contribution in [0.15, 0.2) is 48.5 Å². The number of amides is 2.